The number of hydrogen-bond donors (Lipinski definition) is 1. The Morgan fingerprint density at radius 1 is 1.20 bits per heavy atom. The first-order chi connectivity index (χ1) is 9.63. The maximum absolute atomic E-state index is 10.7. The van der Waals surface area contributed by atoms with Crippen LogP contribution in [0.3, 0.4) is 0 Å². The van der Waals surface area contributed by atoms with E-state index in [1.807, 2.05) is 18.2 Å². The molecule has 0 radical (unpaired) electrons. The van der Waals surface area contributed by atoms with Crippen LogP contribution in [0.2, 0.25) is 0 Å². The molecule has 0 aliphatic heterocycles. The standard InChI is InChI=1S/C14H11N3O3/c1-20-13-5-2-11(3-6-13)16-12-4-7-14(17(18)19)10(8-12)9-15/h2-8,16H,1H3. The van der Waals surface area contributed by atoms with Gasteiger partial charge in [-0.25, -0.2) is 0 Å². The Hall–Kier alpha value is -3.07. The van der Waals surface area contributed by atoms with E-state index in [-0.39, 0.29) is 11.3 Å². The predicted molar refractivity (Wildman–Crippen MR) is 74.1 cm³/mol. The van der Waals surface area contributed by atoms with Crippen LogP contribution in [0.5, 0.6) is 5.75 Å². The maximum atomic E-state index is 10.7. The molecule has 0 saturated carbocycles. The molecule has 0 saturated heterocycles. The van der Waals surface area contributed by atoms with Gasteiger partial charge in [-0.1, -0.05) is 0 Å². The lowest BCUT2D eigenvalue weighted by molar-refractivity contribution is -0.385. The topological polar surface area (TPSA) is 88.2 Å². The van der Waals surface area contributed by atoms with Gasteiger partial charge in [0.15, 0.2) is 0 Å². The molecule has 0 atom stereocenters. The fourth-order valence-corrected chi connectivity index (χ4v) is 1.70. The third-order valence-electron chi connectivity index (χ3n) is 2.69. The number of nitrogens with one attached hydrogen (secondary N) is 1. The van der Waals surface area contributed by atoms with Gasteiger partial charge in [-0.2, -0.15) is 5.26 Å². The van der Waals surface area contributed by atoms with Crippen LogP contribution < -0.4 is 10.1 Å². The van der Waals surface area contributed by atoms with Gasteiger partial charge in [0, 0.05) is 17.4 Å². The summed E-state index contributed by atoms with van der Waals surface area (Å²) in [6.45, 7) is 0. The van der Waals surface area contributed by atoms with Crippen molar-refractivity contribution in [2.75, 3.05) is 12.4 Å². The van der Waals surface area contributed by atoms with Gasteiger partial charge in [-0.05, 0) is 36.4 Å². The Morgan fingerprint density at radius 2 is 1.85 bits per heavy atom. The van der Waals surface area contributed by atoms with E-state index in [1.54, 1.807) is 25.3 Å². The van der Waals surface area contributed by atoms with Crippen LogP contribution >= 0.6 is 0 Å². The minimum atomic E-state index is -0.574. The fraction of sp³-hybridized carbons (Fsp3) is 0.0714. The molecule has 2 aromatic rings. The summed E-state index contributed by atoms with van der Waals surface area (Å²) in [5.74, 6) is 0.733. The smallest absolute Gasteiger partial charge is 0.287 e. The molecule has 0 aliphatic carbocycles. The van der Waals surface area contributed by atoms with Crippen LogP contribution in [-0.2, 0) is 0 Å². The Bertz CT molecular complexity index is 675. The van der Waals surface area contributed by atoms with E-state index in [0.29, 0.717) is 5.69 Å². The van der Waals surface area contributed by atoms with Crippen LogP contribution in [0.1, 0.15) is 5.56 Å². The van der Waals surface area contributed by atoms with Crippen molar-refractivity contribution in [2.24, 2.45) is 0 Å². The van der Waals surface area contributed by atoms with E-state index < -0.39 is 4.92 Å². The first-order valence-electron chi connectivity index (χ1n) is 5.73. The number of nitro benzene ring substituents is 1. The number of anilines is 2. The third kappa shape index (κ3) is 2.84. The second-order valence-corrected chi connectivity index (χ2v) is 3.95. The highest BCUT2D eigenvalue weighted by Crippen LogP contribution is 2.25. The lowest BCUT2D eigenvalue weighted by Gasteiger charge is -2.07. The SMILES string of the molecule is COc1ccc(Nc2ccc([N+](=O)[O-])c(C#N)c2)cc1. The number of ether oxygens (including phenoxy) is 1. The molecule has 0 spiro atoms. The highest BCUT2D eigenvalue weighted by atomic mass is 16.6. The molecule has 6 nitrogen and oxygen atoms in total. The predicted octanol–water partition coefficient (Wildman–Crippen LogP) is 3.22. The molecule has 0 amide bonds. The van der Waals surface area contributed by atoms with Gasteiger partial charge in [-0.15, -0.1) is 0 Å². The van der Waals surface area contributed by atoms with E-state index in [4.69, 9.17) is 10.00 Å². The average Bonchev–Trinajstić information content (AvgIpc) is 2.47. The summed E-state index contributed by atoms with van der Waals surface area (Å²) in [5, 5.41) is 22.7. The third-order valence-corrected chi connectivity index (χ3v) is 2.69. The zero-order valence-electron chi connectivity index (χ0n) is 10.7. The Kier molecular flexibility index (Phi) is 3.82. The highest BCUT2D eigenvalue weighted by Gasteiger charge is 2.13. The van der Waals surface area contributed by atoms with Crippen LogP contribution in [0.15, 0.2) is 42.5 Å². The lowest BCUT2D eigenvalue weighted by Crippen LogP contribution is -1.95. The number of methoxy groups -OCH3 is 1. The zero-order valence-corrected chi connectivity index (χ0v) is 10.7. The number of nitro groups is 1. The number of nitriles is 1. The van der Waals surface area contributed by atoms with E-state index >= 15 is 0 Å². The summed E-state index contributed by atoms with van der Waals surface area (Å²) in [4.78, 5) is 10.2. The number of rotatable bonds is 4. The first-order valence-corrected chi connectivity index (χ1v) is 5.73. The van der Waals surface area contributed by atoms with Crippen LogP contribution in [0.25, 0.3) is 0 Å². The van der Waals surface area contributed by atoms with Crippen molar-refractivity contribution in [3.8, 4) is 11.8 Å². The monoisotopic (exact) mass is 269 g/mol. The minimum absolute atomic E-state index is 0.0218. The van der Waals surface area contributed by atoms with Gasteiger partial charge in [0.05, 0.1) is 12.0 Å². The van der Waals surface area contributed by atoms with Crippen LogP contribution in [0.4, 0.5) is 17.1 Å². The molecule has 0 heterocycles. The molecular weight excluding hydrogens is 258 g/mol. The van der Waals surface area contributed by atoms with E-state index in [2.05, 4.69) is 5.32 Å². The van der Waals surface area contributed by atoms with E-state index in [1.165, 1.54) is 12.1 Å². The molecule has 2 aromatic carbocycles. The van der Waals surface area contributed by atoms with Crippen LogP contribution in [0, 0.1) is 21.4 Å². The van der Waals surface area contributed by atoms with Gasteiger partial charge < -0.3 is 10.1 Å². The molecule has 0 aromatic heterocycles. The largest absolute Gasteiger partial charge is 0.497 e. The fourth-order valence-electron chi connectivity index (χ4n) is 1.70. The van der Waals surface area contributed by atoms with Gasteiger partial charge in [0.1, 0.15) is 17.4 Å². The summed E-state index contributed by atoms with van der Waals surface area (Å²) in [5.41, 5.74) is 1.22. The number of benzene rings is 2. The maximum Gasteiger partial charge on any atom is 0.287 e. The summed E-state index contributed by atoms with van der Waals surface area (Å²) < 4.78 is 5.05. The molecule has 0 bridgehead atoms. The summed E-state index contributed by atoms with van der Waals surface area (Å²) in [6, 6.07) is 13.3. The molecule has 0 aliphatic rings. The van der Waals surface area contributed by atoms with Crippen molar-refractivity contribution < 1.29 is 9.66 Å². The molecular formula is C14H11N3O3. The molecule has 1 N–H and O–H groups in total. The second kappa shape index (κ2) is 5.71. The molecule has 2 rings (SSSR count). The Morgan fingerprint density at radius 3 is 2.40 bits per heavy atom. The van der Waals surface area contributed by atoms with Crippen molar-refractivity contribution in [3.63, 3.8) is 0 Å². The Balaban J connectivity index is 2.25. The van der Waals surface area contributed by atoms with Crippen molar-refractivity contribution in [3.05, 3.63) is 58.1 Å². The van der Waals surface area contributed by atoms with Crippen molar-refractivity contribution in [1.29, 1.82) is 5.26 Å². The van der Waals surface area contributed by atoms with Gasteiger partial charge in [0.25, 0.3) is 5.69 Å². The number of nitrogens with zero attached hydrogens (tertiary/aromatic N) is 2. The number of hydrogen-bond acceptors (Lipinski definition) is 5. The quantitative estimate of drug-likeness (QED) is 0.680. The van der Waals surface area contributed by atoms with E-state index in [9.17, 15) is 10.1 Å². The van der Waals surface area contributed by atoms with Crippen molar-refractivity contribution >= 4 is 17.1 Å². The highest BCUT2D eigenvalue weighted by molar-refractivity contribution is 5.65. The molecule has 0 fully saturated rings. The lowest BCUT2D eigenvalue weighted by atomic mass is 10.1. The molecule has 100 valence electrons. The van der Waals surface area contributed by atoms with Gasteiger partial charge >= 0.3 is 0 Å². The minimum Gasteiger partial charge on any atom is -0.497 e. The normalized spacial score (nSPS) is 9.60. The van der Waals surface area contributed by atoms with Crippen molar-refractivity contribution in [1.82, 2.24) is 0 Å². The second-order valence-electron chi connectivity index (χ2n) is 3.95. The van der Waals surface area contributed by atoms with Gasteiger partial charge in [0.2, 0.25) is 0 Å². The molecule has 0 unspecified atom stereocenters. The van der Waals surface area contributed by atoms with Gasteiger partial charge in [-0.3, -0.25) is 10.1 Å². The molecule has 20 heavy (non-hydrogen) atoms. The summed E-state index contributed by atoms with van der Waals surface area (Å²) in [7, 11) is 1.58. The van der Waals surface area contributed by atoms with Crippen molar-refractivity contribution in [2.45, 2.75) is 0 Å². The summed E-state index contributed by atoms with van der Waals surface area (Å²) >= 11 is 0. The average molecular weight is 269 g/mol. The molecule has 6 heteroatoms. The Labute approximate surface area is 115 Å². The zero-order chi connectivity index (χ0) is 14.5. The van der Waals surface area contributed by atoms with E-state index in [0.717, 1.165) is 11.4 Å². The van der Waals surface area contributed by atoms with Crippen LogP contribution in [-0.4, -0.2) is 12.0 Å². The summed E-state index contributed by atoms with van der Waals surface area (Å²) in [6.07, 6.45) is 0. The first kappa shape index (κ1) is 13.4.